The average Bonchev–Trinajstić information content (AvgIpc) is 2.47. The van der Waals surface area contributed by atoms with Crippen molar-refractivity contribution in [1.82, 2.24) is 5.32 Å². The molecule has 0 aliphatic carbocycles. The minimum atomic E-state index is -0.963. The van der Waals surface area contributed by atoms with Crippen LogP contribution in [0.2, 0.25) is 0 Å². The molecular formula is C18H23NO3S. The summed E-state index contributed by atoms with van der Waals surface area (Å²) >= 11 is 3.80. The first-order chi connectivity index (χ1) is 10.8. The molecule has 0 fully saturated rings. The zero-order chi connectivity index (χ0) is 17.4. The third-order valence-electron chi connectivity index (χ3n) is 3.59. The highest BCUT2D eigenvalue weighted by Crippen LogP contribution is 2.16. The maximum atomic E-state index is 12.5. The quantitative estimate of drug-likeness (QED) is 0.437. The molecule has 0 saturated carbocycles. The van der Waals surface area contributed by atoms with Gasteiger partial charge in [-0.3, -0.25) is 14.4 Å². The Kier molecular flexibility index (Phi) is 7.75. The molecule has 0 spiro atoms. The van der Waals surface area contributed by atoms with Gasteiger partial charge in [0, 0.05) is 13.0 Å². The van der Waals surface area contributed by atoms with Gasteiger partial charge in [0.2, 0.25) is 5.91 Å². The van der Waals surface area contributed by atoms with E-state index in [1.807, 2.05) is 36.4 Å². The monoisotopic (exact) mass is 333 g/mol. The van der Waals surface area contributed by atoms with Crippen LogP contribution in [0.1, 0.15) is 32.8 Å². The van der Waals surface area contributed by atoms with E-state index in [1.165, 1.54) is 12.5 Å². The van der Waals surface area contributed by atoms with Crippen LogP contribution in [-0.2, 0) is 20.8 Å². The van der Waals surface area contributed by atoms with Gasteiger partial charge in [-0.05, 0) is 37.8 Å². The van der Waals surface area contributed by atoms with Crippen LogP contribution < -0.4 is 5.32 Å². The molecule has 4 nitrogen and oxygen atoms in total. The van der Waals surface area contributed by atoms with E-state index in [9.17, 15) is 14.4 Å². The first kappa shape index (κ1) is 19.2. The van der Waals surface area contributed by atoms with Gasteiger partial charge in [-0.1, -0.05) is 36.4 Å². The van der Waals surface area contributed by atoms with Crippen molar-refractivity contribution in [2.45, 2.75) is 39.7 Å². The van der Waals surface area contributed by atoms with Crippen LogP contribution >= 0.6 is 12.6 Å². The van der Waals surface area contributed by atoms with E-state index < -0.39 is 17.1 Å². The third kappa shape index (κ3) is 6.40. The van der Waals surface area contributed by atoms with Gasteiger partial charge in [-0.2, -0.15) is 0 Å². The lowest BCUT2D eigenvalue weighted by molar-refractivity contribution is -0.127. The van der Waals surface area contributed by atoms with E-state index in [4.69, 9.17) is 0 Å². The molecule has 1 N–H and O–H groups in total. The van der Waals surface area contributed by atoms with Crippen molar-refractivity contribution in [1.29, 1.82) is 0 Å². The minimum absolute atomic E-state index is 0.282. The number of thiol groups is 1. The fourth-order valence-electron chi connectivity index (χ4n) is 2.40. The number of benzene rings is 1. The molecule has 23 heavy (non-hydrogen) atoms. The topological polar surface area (TPSA) is 63.2 Å². The molecule has 0 aromatic heterocycles. The maximum Gasteiger partial charge on any atom is 0.217 e. The van der Waals surface area contributed by atoms with Crippen molar-refractivity contribution < 1.29 is 14.4 Å². The Morgan fingerprint density at radius 2 is 1.78 bits per heavy atom. The minimum Gasteiger partial charge on any atom is -0.353 e. The molecule has 0 bridgehead atoms. The zero-order valence-corrected chi connectivity index (χ0v) is 14.6. The van der Waals surface area contributed by atoms with Crippen molar-refractivity contribution >= 4 is 29.4 Å². The first-order valence-corrected chi connectivity index (χ1v) is 8.02. The highest BCUT2D eigenvalue weighted by Gasteiger charge is 2.31. The van der Waals surface area contributed by atoms with Crippen LogP contribution in [0.3, 0.4) is 0 Å². The summed E-state index contributed by atoms with van der Waals surface area (Å²) in [4.78, 5) is 35.3. The lowest BCUT2D eigenvalue weighted by Gasteiger charge is -2.20. The molecular weight excluding hydrogens is 310 g/mol. The number of aryl methyl sites for hydroxylation is 1. The fourth-order valence-corrected chi connectivity index (χ4v) is 2.74. The van der Waals surface area contributed by atoms with Crippen LogP contribution in [0.4, 0.5) is 0 Å². The van der Waals surface area contributed by atoms with Gasteiger partial charge in [-0.15, -0.1) is 12.6 Å². The number of carbonyl (C=O) groups excluding carboxylic acids is 3. The number of nitrogens with one attached hydrogen (secondary N) is 1. The number of hydrogen-bond acceptors (Lipinski definition) is 3. The number of rotatable bonds is 8. The van der Waals surface area contributed by atoms with Crippen molar-refractivity contribution in [3.63, 3.8) is 0 Å². The highest BCUT2D eigenvalue weighted by atomic mass is 32.1. The summed E-state index contributed by atoms with van der Waals surface area (Å²) in [5.74, 6) is -1.54. The second-order valence-electron chi connectivity index (χ2n) is 5.58. The molecule has 0 aliphatic heterocycles. The van der Waals surface area contributed by atoms with Gasteiger partial charge >= 0.3 is 0 Å². The second-order valence-corrected chi connectivity index (χ2v) is 6.02. The predicted octanol–water partition coefficient (Wildman–Crippen LogP) is 2.73. The number of amides is 1. The van der Waals surface area contributed by atoms with Gasteiger partial charge in [0.25, 0.3) is 0 Å². The van der Waals surface area contributed by atoms with Crippen LogP contribution in [-0.4, -0.2) is 22.8 Å². The molecule has 0 saturated heterocycles. The Bertz CT molecular complexity index is 596. The lowest BCUT2D eigenvalue weighted by Crippen LogP contribution is -2.43. The molecule has 124 valence electrons. The molecule has 1 aromatic carbocycles. The fraction of sp³-hybridized carbons (Fsp3) is 0.389. The van der Waals surface area contributed by atoms with Crippen LogP contribution in [0, 0.1) is 5.92 Å². The van der Waals surface area contributed by atoms with Crippen LogP contribution in [0.5, 0.6) is 0 Å². The Balaban J connectivity index is 2.72. The van der Waals surface area contributed by atoms with Gasteiger partial charge in [0.15, 0.2) is 10.9 Å². The summed E-state index contributed by atoms with van der Waals surface area (Å²) in [6.45, 7) is 4.68. The molecule has 0 aliphatic rings. The van der Waals surface area contributed by atoms with Gasteiger partial charge in [0.1, 0.15) is 5.92 Å². The number of ketones is 1. The molecule has 1 unspecified atom stereocenters. The van der Waals surface area contributed by atoms with Crippen LogP contribution in [0.25, 0.3) is 0 Å². The van der Waals surface area contributed by atoms with Crippen molar-refractivity contribution in [2.75, 3.05) is 0 Å². The molecule has 0 radical (unpaired) electrons. The van der Waals surface area contributed by atoms with Crippen molar-refractivity contribution in [2.24, 2.45) is 5.92 Å². The molecule has 5 heteroatoms. The summed E-state index contributed by atoms with van der Waals surface area (Å²) in [6.07, 6.45) is 3.37. The van der Waals surface area contributed by atoms with Crippen LogP contribution in [0.15, 0.2) is 42.0 Å². The number of hydrogen-bond donors (Lipinski definition) is 2. The largest absolute Gasteiger partial charge is 0.353 e. The summed E-state index contributed by atoms with van der Waals surface area (Å²) in [5.41, 5.74) is 1.71. The Labute approximate surface area is 142 Å². The second kappa shape index (κ2) is 9.30. The van der Waals surface area contributed by atoms with E-state index in [2.05, 4.69) is 17.9 Å². The zero-order valence-electron chi connectivity index (χ0n) is 13.7. The summed E-state index contributed by atoms with van der Waals surface area (Å²) in [5, 5.41) is 2.05. The van der Waals surface area contributed by atoms with E-state index >= 15 is 0 Å². The smallest absolute Gasteiger partial charge is 0.217 e. The van der Waals surface area contributed by atoms with E-state index in [0.29, 0.717) is 12.0 Å². The molecule has 1 aromatic rings. The van der Waals surface area contributed by atoms with Gasteiger partial charge < -0.3 is 5.32 Å². The number of Topliss-reactive ketones (excluding diaryl/α,β-unsaturated/α-hetero) is 1. The van der Waals surface area contributed by atoms with E-state index in [0.717, 1.165) is 6.42 Å². The summed E-state index contributed by atoms with van der Waals surface area (Å²) in [7, 11) is 0. The Morgan fingerprint density at radius 1 is 1.17 bits per heavy atom. The van der Waals surface area contributed by atoms with Gasteiger partial charge in [-0.25, -0.2) is 0 Å². The van der Waals surface area contributed by atoms with Crippen molar-refractivity contribution in [3.8, 4) is 0 Å². The van der Waals surface area contributed by atoms with E-state index in [-0.39, 0.29) is 11.7 Å². The van der Waals surface area contributed by atoms with Gasteiger partial charge in [0.05, 0.1) is 0 Å². The average molecular weight is 333 g/mol. The SMILES string of the molecule is CC(=O)NC(C)[C@H](C(=O)S)C(=O)/C(C)=C/CCc1ccccc1. The molecule has 1 rings (SSSR count). The summed E-state index contributed by atoms with van der Waals surface area (Å²) < 4.78 is 0. The normalized spacial score (nSPS) is 14.0. The lowest BCUT2D eigenvalue weighted by atomic mass is 9.92. The first-order valence-electron chi connectivity index (χ1n) is 7.57. The maximum absolute atomic E-state index is 12.5. The third-order valence-corrected chi connectivity index (χ3v) is 3.87. The molecule has 1 amide bonds. The standard InChI is InChI=1S/C18H23NO3S/c1-12(8-7-11-15-9-5-4-6-10-15)17(21)16(18(22)23)13(2)19-14(3)20/h4-6,8-10,13,16H,7,11H2,1-3H3,(H,19,20)(H,22,23)/b12-8+/t13?,16-/m0/s1. The van der Waals surface area contributed by atoms with Crippen molar-refractivity contribution in [3.05, 3.63) is 47.5 Å². The highest BCUT2D eigenvalue weighted by molar-refractivity contribution is 7.96. The Morgan fingerprint density at radius 3 is 2.30 bits per heavy atom. The number of carbonyl (C=O) groups is 3. The summed E-state index contributed by atoms with van der Waals surface area (Å²) in [6, 6.07) is 9.39. The number of allylic oxidation sites excluding steroid dienone is 2. The molecule has 2 atom stereocenters. The predicted molar refractivity (Wildman–Crippen MR) is 94.3 cm³/mol. The Hall–Kier alpha value is -1.88. The molecule has 0 heterocycles. The van der Waals surface area contributed by atoms with E-state index in [1.54, 1.807) is 13.8 Å².